The highest BCUT2D eigenvalue weighted by molar-refractivity contribution is 5.27. The molecule has 1 aromatic rings. The summed E-state index contributed by atoms with van der Waals surface area (Å²) >= 11 is 0. The first kappa shape index (κ1) is 14.5. The van der Waals surface area contributed by atoms with E-state index in [1.54, 1.807) is 0 Å². The van der Waals surface area contributed by atoms with Gasteiger partial charge in [-0.1, -0.05) is 38.1 Å². The number of rotatable bonds is 4. The molecule has 1 aromatic carbocycles. The highest BCUT2D eigenvalue weighted by atomic mass is 15.2. The fourth-order valence-corrected chi connectivity index (χ4v) is 2.91. The maximum Gasteiger partial charge on any atom is 0.0278 e. The van der Waals surface area contributed by atoms with Gasteiger partial charge in [0, 0.05) is 31.2 Å². The summed E-state index contributed by atoms with van der Waals surface area (Å²) in [5.74, 6) is 0. The van der Waals surface area contributed by atoms with E-state index in [0.29, 0.717) is 6.04 Å². The second-order valence-electron chi connectivity index (χ2n) is 6.17. The van der Waals surface area contributed by atoms with Crippen molar-refractivity contribution in [2.75, 3.05) is 13.1 Å². The van der Waals surface area contributed by atoms with Gasteiger partial charge in [-0.15, -0.1) is 0 Å². The van der Waals surface area contributed by atoms with Crippen LogP contribution in [0.15, 0.2) is 24.3 Å². The average molecular weight is 260 g/mol. The first-order chi connectivity index (χ1) is 9.08. The summed E-state index contributed by atoms with van der Waals surface area (Å²) in [5.41, 5.74) is 3.26. The van der Waals surface area contributed by atoms with E-state index in [9.17, 15) is 0 Å². The molecule has 0 saturated carbocycles. The van der Waals surface area contributed by atoms with E-state index in [0.717, 1.165) is 26.1 Å². The van der Waals surface area contributed by atoms with Crippen molar-refractivity contribution in [2.45, 2.75) is 58.7 Å². The van der Waals surface area contributed by atoms with Gasteiger partial charge in [-0.25, -0.2) is 0 Å². The molecule has 2 atom stereocenters. The summed E-state index contributed by atoms with van der Waals surface area (Å²) in [6.07, 6.45) is 2.31. The molecular weight excluding hydrogens is 232 g/mol. The molecule has 0 aromatic heterocycles. The lowest BCUT2D eigenvalue weighted by Crippen LogP contribution is -2.61. The number of piperazine rings is 1. The number of hydrogen-bond acceptors (Lipinski definition) is 2. The van der Waals surface area contributed by atoms with Crippen molar-refractivity contribution >= 4 is 0 Å². The topological polar surface area (TPSA) is 15.3 Å². The minimum Gasteiger partial charge on any atom is -0.309 e. The van der Waals surface area contributed by atoms with Gasteiger partial charge in [0.25, 0.3) is 0 Å². The average Bonchev–Trinajstić information content (AvgIpc) is 2.44. The normalized spacial score (nSPS) is 28.5. The Morgan fingerprint density at radius 3 is 2.58 bits per heavy atom. The maximum atomic E-state index is 3.70. The van der Waals surface area contributed by atoms with Crippen LogP contribution in [-0.2, 0) is 13.0 Å². The number of hydrogen-bond donors (Lipinski definition) is 1. The molecule has 1 heterocycles. The van der Waals surface area contributed by atoms with Crippen molar-refractivity contribution in [3.8, 4) is 0 Å². The molecule has 1 aliphatic heterocycles. The van der Waals surface area contributed by atoms with E-state index in [1.165, 1.54) is 17.5 Å². The first-order valence-electron chi connectivity index (χ1n) is 7.64. The lowest BCUT2D eigenvalue weighted by Gasteiger charge is -2.45. The van der Waals surface area contributed by atoms with E-state index in [2.05, 4.69) is 62.2 Å². The Hall–Kier alpha value is -0.860. The van der Waals surface area contributed by atoms with Crippen molar-refractivity contribution in [3.63, 3.8) is 0 Å². The van der Waals surface area contributed by atoms with E-state index in [-0.39, 0.29) is 5.54 Å². The van der Waals surface area contributed by atoms with Crippen LogP contribution >= 0.6 is 0 Å². The Morgan fingerprint density at radius 1 is 1.26 bits per heavy atom. The summed E-state index contributed by atoms with van der Waals surface area (Å²) in [6.45, 7) is 12.5. The van der Waals surface area contributed by atoms with Crippen LogP contribution in [0.2, 0.25) is 0 Å². The van der Waals surface area contributed by atoms with Crippen LogP contribution in [0.5, 0.6) is 0 Å². The van der Waals surface area contributed by atoms with Gasteiger partial charge < -0.3 is 5.32 Å². The van der Waals surface area contributed by atoms with Crippen LogP contribution in [0.25, 0.3) is 0 Å². The smallest absolute Gasteiger partial charge is 0.0278 e. The molecule has 2 nitrogen and oxygen atoms in total. The Bertz CT molecular complexity index is 415. The molecule has 0 radical (unpaired) electrons. The van der Waals surface area contributed by atoms with Gasteiger partial charge in [0.05, 0.1) is 0 Å². The van der Waals surface area contributed by atoms with Crippen molar-refractivity contribution in [1.82, 2.24) is 10.2 Å². The zero-order valence-electron chi connectivity index (χ0n) is 12.9. The summed E-state index contributed by atoms with van der Waals surface area (Å²) in [5, 5.41) is 3.70. The molecule has 0 amide bonds. The van der Waals surface area contributed by atoms with Gasteiger partial charge in [0.1, 0.15) is 0 Å². The third-order valence-corrected chi connectivity index (χ3v) is 4.65. The van der Waals surface area contributed by atoms with Gasteiger partial charge in [0.2, 0.25) is 0 Å². The van der Waals surface area contributed by atoms with E-state index < -0.39 is 0 Å². The number of nitrogens with one attached hydrogen (secondary N) is 1. The SMILES string of the molecule is CCc1ccccc1CN1CC(C)(CC)NCC1C. The third-order valence-electron chi connectivity index (χ3n) is 4.65. The molecule has 2 heteroatoms. The summed E-state index contributed by atoms with van der Waals surface area (Å²) < 4.78 is 0. The minimum absolute atomic E-state index is 0.271. The highest BCUT2D eigenvalue weighted by Gasteiger charge is 2.32. The molecule has 1 aliphatic rings. The molecule has 0 aliphatic carbocycles. The summed E-state index contributed by atoms with van der Waals surface area (Å²) in [6, 6.07) is 9.49. The van der Waals surface area contributed by atoms with E-state index >= 15 is 0 Å². The second kappa shape index (κ2) is 6.06. The predicted octanol–water partition coefficient (Wildman–Crippen LogP) is 3.21. The third kappa shape index (κ3) is 3.37. The van der Waals surface area contributed by atoms with Crippen molar-refractivity contribution in [1.29, 1.82) is 0 Å². The molecule has 0 bridgehead atoms. The Morgan fingerprint density at radius 2 is 1.95 bits per heavy atom. The summed E-state index contributed by atoms with van der Waals surface area (Å²) in [7, 11) is 0. The van der Waals surface area contributed by atoms with E-state index in [4.69, 9.17) is 0 Å². The molecular formula is C17H28N2. The number of nitrogens with zero attached hydrogens (tertiary/aromatic N) is 1. The van der Waals surface area contributed by atoms with E-state index in [1.807, 2.05) is 0 Å². The van der Waals surface area contributed by atoms with Gasteiger partial charge >= 0.3 is 0 Å². The Kier molecular flexibility index (Phi) is 4.64. The van der Waals surface area contributed by atoms with Crippen LogP contribution in [0.3, 0.4) is 0 Å². The zero-order chi connectivity index (χ0) is 13.9. The molecule has 1 N–H and O–H groups in total. The zero-order valence-corrected chi connectivity index (χ0v) is 12.9. The fraction of sp³-hybridized carbons (Fsp3) is 0.647. The van der Waals surface area contributed by atoms with Gasteiger partial charge in [-0.3, -0.25) is 4.90 Å². The monoisotopic (exact) mass is 260 g/mol. The van der Waals surface area contributed by atoms with Gasteiger partial charge in [0.15, 0.2) is 0 Å². The van der Waals surface area contributed by atoms with Gasteiger partial charge in [-0.05, 0) is 37.8 Å². The molecule has 106 valence electrons. The van der Waals surface area contributed by atoms with Crippen molar-refractivity contribution < 1.29 is 0 Å². The first-order valence-corrected chi connectivity index (χ1v) is 7.64. The van der Waals surface area contributed by atoms with Crippen LogP contribution in [0, 0.1) is 0 Å². The lowest BCUT2D eigenvalue weighted by molar-refractivity contribution is 0.0864. The minimum atomic E-state index is 0.271. The van der Waals surface area contributed by atoms with Crippen molar-refractivity contribution in [3.05, 3.63) is 35.4 Å². The van der Waals surface area contributed by atoms with Crippen LogP contribution in [0.1, 0.15) is 45.2 Å². The molecule has 0 spiro atoms. The quantitative estimate of drug-likeness (QED) is 0.894. The highest BCUT2D eigenvalue weighted by Crippen LogP contribution is 2.22. The molecule has 1 saturated heterocycles. The standard InChI is InChI=1S/C17H28N2/c1-5-15-9-7-8-10-16(15)12-19-13-17(4,6-2)18-11-14(19)3/h7-10,14,18H,5-6,11-13H2,1-4H3. The van der Waals surface area contributed by atoms with Crippen LogP contribution < -0.4 is 5.32 Å². The van der Waals surface area contributed by atoms with Crippen LogP contribution in [0.4, 0.5) is 0 Å². The second-order valence-corrected chi connectivity index (χ2v) is 6.17. The Labute approximate surface area is 118 Å². The summed E-state index contributed by atoms with van der Waals surface area (Å²) in [4.78, 5) is 2.63. The van der Waals surface area contributed by atoms with Gasteiger partial charge in [-0.2, -0.15) is 0 Å². The Balaban J connectivity index is 2.12. The molecule has 19 heavy (non-hydrogen) atoms. The number of benzene rings is 1. The van der Waals surface area contributed by atoms with Crippen LogP contribution in [-0.4, -0.2) is 29.6 Å². The fourth-order valence-electron chi connectivity index (χ4n) is 2.91. The molecule has 2 unspecified atom stereocenters. The molecule has 1 fully saturated rings. The predicted molar refractivity (Wildman–Crippen MR) is 82.4 cm³/mol. The maximum absolute atomic E-state index is 3.70. The largest absolute Gasteiger partial charge is 0.309 e. The number of aryl methyl sites for hydroxylation is 1. The van der Waals surface area contributed by atoms with Crippen molar-refractivity contribution in [2.24, 2.45) is 0 Å². The lowest BCUT2D eigenvalue weighted by atomic mass is 9.93. The molecule has 2 rings (SSSR count).